The average Bonchev–Trinajstić information content (AvgIpc) is 3.39. The highest BCUT2D eigenvalue weighted by atomic mass is 19.3. The van der Waals surface area contributed by atoms with Crippen LogP contribution in [0.15, 0.2) is 0 Å². The van der Waals surface area contributed by atoms with Crippen molar-refractivity contribution in [2.75, 3.05) is 33.3 Å². The van der Waals surface area contributed by atoms with Crippen LogP contribution >= 0.6 is 0 Å². The van der Waals surface area contributed by atoms with Gasteiger partial charge in [-0.3, -0.25) is 4.79 Å². The van der Waals surface area contributed by atoms with Gasteiger partial charge in [0.2, 0.25) is 0 Å². The second-order valence-corrected chi connectivity index (χ2v) is 13.3. The van der Waals surface area contributed by atoms with E-state index in [9.17, 15) is 49.3 Å². The lowest BCUT2D eigenvalue weighted by atomic mass is 9.83. The summed E-state index contributed by atoms with van der Waals surface area (Å²) in [5, 5.41) is 78.8. The standard InChI is InChI=1S/C28H53F2N7O14/c1-36-5-13-11(39)3-9(34)25(47-13)49-20-8(33)2-10(37-24(45)23(44)28(29,30)7-32)16(40)22(20)51-27-19(43)21(14(6-38)48-27)50-26-15(35)18(42)17(41)12(4-31)46-26/h8-23,25-27,36,38-44H,2-7,31-35H2,1H3,(H,37,45)/t8-,9+,10+,11-,12-,13+,14+,15+,16-,17+,18+,19+,20+,21+,22+,23+,25+,26+,27-/m0/s1. The van der Waals surface area contributed by atoms with Gasteiger partial charge in [0, 0.05) is 19.1 Å². The van der Waals surface area contributed by atoms with E-state index in [-0.39, 0.29) is 25.9 Å². The Morgan fingerprint density at radius 3 is 2.04 bits per heavy atom. The van der Waals surface area contributed by atoms with Crippen molar-refractivity contribution in [1.82, 2.24) is 10.6 Å². The largest absolute Gasteiger partial charge is 0.394 e. The maximum Gasteiger partial charge on any atom is 0.294 e. The molecule has 1 amide bonds. The molecule has 0 aromatic rings. The molecule has 0 radical (unpaired) electrons. The third-order valence-corrected chi connectivity index (χ3v) is 9.60. The summed E-state index contributed by atoms with van der Waals surface area (Å²) >= 11 is 0. The van der Waals surface area contributed by atoms with Gasteiger partial charge in [0.1, 0.15) is 54.9 Å². The van der Waals surface area contributed by atoms with E-state index in [1.165, 1.54) is 0 Å². The molecule has 19 N–H and O–H groups in total. The van der Waals surface area contributed by atoms with Crippen molar-refractivity contribution in [2.24, 2.45) is 28.7 Å². The highest BCUT2D eigenvalue weighted by Crippen LogP contribution is 2.35. The first-order chi connectivity index (χ1) is 24.0. The monoisotopic (exact) mass is 749 g/mol. The van der Waals surface area contributed by atoms with Gasteiger partial charge in [0.05, 0.1) is 43.5 Å². The normalized spacial score (nSPS) is 45.8. The Morgan fingerprint density at radius 1 is 0.824 bits per heavy atom. The van der Waals surface area contributed by atoms with Gasteiger partial charge < -0.3 is 103 Å². The highest BCUT2D eigenvalue weighted by molar-refractivity contribution is 5.82. The van der Waals surface area contributed by atoms with Crippen LogP contribution in [0.4, 0.5) is 8.78 Å². The van der Waals surface area contributed by atoms with Crippen molar-refractivity contribution >= 4 is 5.91 Å². The molecule has 0 bridgehead atoms. The number of ether oxygens (including phenoxy) is 6. The number of carbonyl (C=O) groups is 1. The molecule has 21 nitrogen and oxygen atoms in total. The van der Waals surface area contributed by atoms with Gasteiger partial charge in [-0.25, -0.2) is 8.78 Å². The highest BCUT2D eigenvalue weighted by Gasteiger charge is 2.55. The summed E-state index contributed by atoms with van der Waals surface area (Å²) in [5.41, 5.74) is 29.3. The molecule has 4 fully saturated rings. The number of hydrogen-bond acceptors (Lipinski definition) is 20. The first-order valence-corrected chi connectivity index (χ1v) is 16.6. The summed E-state index contributed by atoms with van der Waals surface area (Å²) in [7, 11) is 1.63. The fraction of sp³-hybridized carbons (Fsp3) is 0.964. The van der Waals surface area contributed by atoms with Crippen LogP contribution in [0, 0.1) is 0 Å². The predicted octanol–water partition coefficient (Wildman–Crippen LogP) is -8.49. The molecule has 3 heterocycles. The lowest BCUT2D eigenvalue weighted by Crippen LogP contribution is -2.68. The van der Waals surface area contributed by atoms with Crippen LogP contribution in [0.2, 0.25) is 0 Å². The Kier molecular flexibility index (Phi) is 14.8. The van der Waals surface area contributed by atoms with E-state index in [1.54, 1.807) is 7.05 Å². The molecule has 298 valence electrons. The zero-order valence-corrected chi connectivity index (χ0v) is 27.8. The number of hydrogen-bond donors (Lipinski definition) is 14. The zero-order chi connectivity index (χ0) is 37.9. The fourth-order valence-corrected chi connectivity index (χ4v) is 6.57. The van der Waals surface area contributed by atoms with Crippen molar-refractivity contribution in [2.45, 2.75) is 135 Å². The van der Waals surface area contributed by atoms with Crippen LogP contribution in [0.1, 0.15) is 12.8 Å². The molecule has 1 aliphatic carbocycles. The van der Waals surface area contributed by atoms with Crippen LogP contribution in [0.25, 0.3) is 0 Å². The molecule has 3 aliphatic heterocycles. The maximum atomic E-state index is 14.0. The SMILES string of the molecule is CNC[C@H]1O[C@H](O[C@H]2[C@H](O[C@@H]3O[C@H](CO)[C@@H](O[C@H]4O[C@@H](CN)[C@@H](O)[C@H](O)[C@H]4N)[C@H]3O)[C@@H](O)[C@H](NC(=O)[C@@H](O)C(F)(F)CN)C[C@@H]2N)[C@H](N)C[C@@H]1O. The molecule has 0 spiro atoms. The van der Waals surface area contributed by atoms with Gasteiger partial charge >= 0.3 is 0 Å². The second kappa shape index (κ2) is 17.8. The Balaban J connectivity index is 1.58. The van der Waals surface area contributed by atoms with E-state index >= 15 is 0 Å². The maximum absolute atomic E-state index is 14.0. The molecular formula is C28H53F2N7O14. The Bertz CT molecular complexity index is 1130. The minimum atomic E-state index is -4.00. The number of carbonyl (C=O) groups excluding carboxylic acids is 1. The summed E-state index contributed by atoms with van der Waals surface area (Å²) in [4.78, 5) is 12.6. The number of aliphatic hydroxyl groups excluding tert-OH is 7. The lowest BCUT2D eigenvalue weighted by Gasteiger charge is -2.47. The van der Waals surface area contributed by atoms with Gasteiger partial charge in [-0.15, -0.1) is 0 Å². The van der Waals surface area contributed by atoms with Gasteiger partial charge in [0.25, 0.3) is 11.8 Å². The molecule has 4 rings (SSSR count). The molecule has 3 saturated heterocycles. The third kappa shape index (κ3) is 9.27. The smallest absolute Gasteiger partial charge is 0.294 e. The topological polar surface area (TPSA) is 368 Å². The number of amides is 1. The van der Waals surface area contributed by atoms with Crippen molar-refractivity contribution in [1.29, 1.82) is 0 Å². The average molecular weight is 750 g/mol. The van der Waals surface area contributed by atoms with Gasteiger partial charge in [0.15, 0.2) is 25.0 Å². The van der Waals surface area contributed by atoms with Gasteiger partial charge in [-0.1, -0.05) is 0 Å². The third-order valence-electron chi connectivity index (χ3n) is 9.60. The summed E-state index contributed by atoms with van der Waals surface area (Å²) in [6, 6.07) is -4.83. The van der Waals surface area contributed by atoms with Crippen molar-refractivity contribution in [3.8, 4) is 0 Å². The van der Waals surface area contributed by atoms with Crippen LogP contribution < -0.4 is 39.3 Å². The van der Waals surface area contributed by atoms with Gasteiger partial charge in [-0.2, -0.15) is 0 Å². The molecule has 1 saturated carbocycles. The molecule has 0 aromatic heterocycles. The number of nitrogens with two attached hydrogens (primary N) is 5. The number of rotatable bonds is 14. The molecule has 4 aliphatic rings. The predicted molar refractivity (Wildman–Crippen MR) is 166 cm³/mol. The molecule has 0 aromatic carbocycles. The van der Waals surface area contributed by atoms with Crippen LogP contribution in [-0.2, 0) is 33.2 Å². The summed E-state index contributed by atoms with van der Waals surface area (Å²) in [5.74, 6) is -5.57. The number of likely N-dealkylation sites (N-methyl/N-ethyl adjacent to an activating group) is 1. The molecule has 51 heavy (non-hydrogen) atoms. The fourth-order valence-electron chi connectivity index (χ4n) is 6.57. The molecule has 0 unspecified atom stereocenters. The molecule has 19 atom stereocenters. The second-order valence-electron chi connectivity index (χ2n) is 13.3. The van der Waals surface area contributed by atoms with E-state index in [0.29, 0.717) is 0 Å². The van der Waals surface area contributed by atoms with Crippen LogP contribution in [0.3, 0.4) is 0 Å². The van der Waals surface area contributed by atoms with E-state index in [4.69, 9.17) is 57.1 Å². The van der Waals surface area contributed by atoms with Crippen molar-refractivity contribution in [3.63, 3.8) is 0 Å². The van der Waals surface area contributed by atoms with Crippen LogP contribution in [0.5, 0.6) is 0 Å². The quantitative estimate of drug-likeness (QED) is 0.0784. The zero-order valence-electron chi connectivity index (χ0n) is 27.8. The Hall–Kier alpha value is -1.43. The van der Waals surface area contributed by atoms with Gasteiger partial charge in [-0.05, 0) is 19.9 Å². The number of halogens is 2. The lowest BCUT2D eigenvalue weighted by molar-refractivity contribution is -0.296. The number of alkyl halides is 2. The Morgan fingerprint density at radius 2 is 1.43 bits per heavy atom. The van der Waals surface area contributed by atoms with E-state index < -0.39 is 141 Å². The van der Waals surface area contributed by atoms with E-state index in [1.807, 2.05) is 0 Å². The summed E-state index contributed by atoms with van der Waals surface area (Å²) in [6.07, 6.45) is -22.7. The molecule has 23 heteroatoms. The number of nitrogens with one attached hydrogen (secondary N) is 2. The van der Waals surface area contributed by atoms with E-state index in [2.05, 4.69) is 10.6 Å². The van der Waals surface area contributed by atoms with Crippen molar-refractivity contribution in [3.05, 3.63) is 0 Å². The van der Waals surface area contributed by atoms with E-state index in [0.717, 1.165) is 0 Å². The molecular weight excluding hydrogens is 696 g/mol. The Labute approximate surface area is 291 Å². The number of aliphatic hydroxyl groups is 7. The minimum absolute atomic E-state index is 0.0444. The summed E-state index contributed by atoms with van der Waals surface area (Å²) in [6.45, 7) is -2.13. The van der Waals surface area contributed by atoms with Crippen molar-refractivity contribution < 1.29 is 77.7 Å². The summed E-state index contributed by atoms with van der Waals surface area (Å²) < 4.78 is 63.2. The minimum Gasteiger partial charge on any atom is -0.394 e. The first kappa shape index (κ1) is 42.3. The van der Waals surface area contributed by atoms with Crippen LogP contribution in [-0.4, -0.2) is 197 Å². The first-order valence-electron chi connectivity index (χ1n) is 16.6.